The highest BCUT2D eigenvalue weighted by atomic mass is 32.1. The topological polar surface area (TPSA) is 71.1 Å². The van der Waals surface area contributed by atoms with Crippen molar-refractivity contribution in [1.82, 2.24) is 10.3 Å². The number of hydrogen-bond donors (Lipinski definition) is 2. The summed E-state index contributed by atoms with van der Waals surface area (Å²) in [6.45, 7) is 13.6. The number of fused-ring (bicyclic) bond motifs is 3. The molecule has 2 heterocycles. The molecule has 2 atom stereocenters. The smallest absolute Gasteiger partial charge is 0.263 e. The summed E-state index contributed by atoms with van der Waals surface area (Å²) < 4.78 is 0. The Morgan fingerprint density at radius 2 is 2.08 bits per heavy atom. The Kier molecular flexibility index (Phi) is 3.69. The van der Waals surface area contributed by atoms with Crippen molar-refractivity contribution in [3.8, 4) is 0 Å². The van der Waals surface area contributed by atoms with Crippen molar-refractivity contribution in [3.05, 3.63) is 22.7 Å². The lowest BCUT2D eigenvalue weighted by Crippen LogP contribution is -2.37. The average Bonchev–Trinajstić information content (AvgIpc) is 3.19. The predicted molar refractivity (Wildman–Crippen MR) is 103 cm³/mol. The molecule has 0 aromatic carbocycles. The Morgan fingerprint density at radius 1 is 1.35 bits per heavy atom. The van der Waals surface area contributed by atoms with E-state index in [1.54, 1.807) is 0 Å². The lowest BCUT2D eigenvalue weighted by atomic mass is 9.68. The van der Waals surface area contributed by atoms with Crippen LogP contribution in [-0.2, 0) is 11.2 Å². The molecule has 2 amide bonds. The first kappa shape index (κ1) is 17.7. The molecule has 2 unspecified atom stereocenters. The van der Waals surface area contributed by atoms with Gasteiger partial charge in [0.05, 0.1) is 11.1 Å². The van der Waals surface area contributed by atoms with Gasteiger partial charge in [-0.05, 0) is 42.4 Å². The Bertz CT molecular complexity index is 823. The summed E-state index contributed by atoms with van der Waals surface area (Å²) in [5, 5.41) is 6.51. The monoisotopic (exact) mass is 373 g/mol. The van der Waals surface area contributed by atoms with Crippen LogP contribution in [0.2, 0.25) is 0 Å². The Labute approximate surface area is 158 Å². The molecule has 1 aliphatic heterocycles. The highest BCUT2D eigenvalue weighted by Gasteiger charge is 2.61. The number of rotatable bonds is 2. The molecule has 2 bridgehead atoms. The van der Waals surface area contributed by atoms with Crippen molar-refractivity contribution in [1.29, 1.82) is 0 Å². The lowest BCUT2D eigenvalue weighted by Gasteiger charge is -2.36. The molecular formula is C20H27N3O2S. The van der Waals surface area contributed by atoms with E-state index in [1.807, 2.05) is 0 Å². The van der Waals surface area contributed by atoms with Crippen molar-refractivity contribution in [3.63, 3.8) is 0 Å². The van der Waals surface area contributed by atoms with Crippen molar-refractivity contribution in [2.45, 2.75) is 53.4 Å². The first-order valence-electron chi connectivity index (χ1n) is 9.34. The van der Waals surface area contributed by atoms with Crippen LogP contribution < -0.4 is 10.6 Å². The van der Waals surface area contributed by atoms with Crippen LogP contribution in [0.15, 0.2) is 12.2 Å². The average molecular weight is 374 g/mol. The minimum Gasteiger partial charge on any atom is -0.351 e. The summed E-state index contributed by atoms with van der Waals surface area (Å²) in [5.41, 5.74) is 1.34. The third-order valence-electron chi connectivity index (χ3n) is 6.82. The Morgan fingerprint density at radius 3 is 2.73 bits per heavy atom. The van der Waals surface area contributed by atoms with Crippen LogP contribution in [0.4, 0.5) is 5.13 Å². The third kappa shape index (κ3) is 2.45. The third-order valence-corrected chi connectivity index (χ3v) is 7.83. The van der Waals surface area contributed by atoms with Crippen LogP contribution >= 0.6 is 11.3 Å². The van der Waals surface area contributed by atoms with E-state index in [4.69, 9.17) is 0 Å². The second kappa shape index (κ2) is 5.41. The number of amides is 2. The van der Waals surface area contributed by atoms with E-state index in [-0.39, 0.29) is 22.6 Å². The molecular weight excluding hydrogens is 346 g/mol. The molecule has 2 saturated carbocycles. The van der Waals surface area contributed by atoms with E-state index in [0.29, 0.717) is 22.5 Å². The zero-order valence-corrected chi connectivity index (χ0v) is 16.8. The summed E-state index contributed by atoms with van der Waals surface area (Å²) in [6, 6.07) is 0. The van der Waals surface area contributed by atoms with E-state index in [0.717, 1.165) is 37.0 Å². The molecule has 6 heteroatoms. The van der Waals surface area contributed by atoms with Gasteiger partial charge in [-0.25, -0.2) is 4.98 Å². The van der Waals surface area contributed by atoms with Crippen molar-refractivity contribution in [2.75, 3.05) is 11.9 Å². The van der Waals surface area contributed by atoms with Crippen LogP contribution in [0.3, 0.4) is 0 Å². The molecule has 0 radical (unpaired) electrons. The van der Waals surface area contributed by atoms with Gasteiger partial charge < -0.3 is 10.6 Å². The summed E-state index contributed by atoms with van der Waals surface area (Å²) in [5.74, 6) is 0.438. The largest absolute Gasteiger partial charge is 0.351 e. The normalized spacial score (nSPS) is 31.3. The zero-order chi connectivity index (χ0) is 18.9. The van der Waals surface area contributed by atoms with Gasteiger partial charge in [0, 0.05) is 6.54 Å². The first-order valence-corrected chi connectivity index (χ1v) is 10.2. The van der Waals surface area contributed by atoms with E-state index in [1.165, 1.54) is 11.3 Å². The van der Waals surface area contributed by atoms with Crippen molar-refractivity contribution >= 4 is 28.3 Å². The molecule has 2 N–H and O–H groups in total. The van der Waals surface area contributed by atoms with Gasteiger partial charge in [0.25, 0.3) is 5.91 Å². The second-order valence-electron chi connectivity index (χ2n) is 9.49. The zero-order valence-electron chi connectivity index (χ0n) is 16.0. The van der Waals surface area contributed by atoms with E-state index < -0.39 is 5.41 Å². The molecule has 5 nitrogen and oxygen atoms in total. The number of thiazole rings is 1. The molecule has 26 heavy (non-hydrogen) atoms. The molecule has 3 aliphatic rings. The van der Waals surface area contributed by atoms with Gasteiger partial charge in [0.15, 0.2) is 5.13 Å². The summed E-state index contributed by atoms with van der Waals surface area (Å²) in [6.07, 6.45) is 3.54. The second-order valence-corrected chi connectivity index (χ2v) is 10.5. The van der Waals surface area contributed by atoms with E-state index >= 15 is 0 Å². The fraction of sp³-hybridized carbons (Fsp3) is 0.650. The van der Waals surface area contributed by atoms with Crippen molar-refractivity contribution in [2.24, 2.45) is 22.2 Å². The number of carbonyl (C=O) groups is 2. The van der Waals surface area contributed by atoms with Crippen molar-refractivity contribution < 1.29 is 9.59 Å². The molecule has 1 aromatic rings. The standard InChI is InChI=1S/C20H27N3O2S/c1-11-19(4,5)12-6-7-20(11,8-12)16(25)23-17-22-13-9-18(2,3)10-21-15(24)14(13)26-17/h12H,1,6-10H2,2-5H3,(H,21,24)(H,22,23,25). The number of nitrogens with one attached hydrogen (secondary N) is 2. The minimum absolute atomic E-state index is 0.000784. The fourth-order valence-corrected chi connectivity index (χ4v) is 5.87. The number of nitrogens with zero attached hydrogens (tertiary/aromatic N) is 1. The fourth-order valence-electron chi connectivity index (χ4n) is 4.98. The quantitative estimate of drug-likeness (QED) is 0.775. The molecule has 1 aromatic heterocycles. The van der Waals surface area contributed by atoms with Crippen LogP contribution in [0, 0.1) is 22.2 Å². The van der Waals surface area contributed by atoms with E-state index in [2.05, 4.69) is 49.9 Å². The highest BCUT2D eigenvalue weighted by Crippen LogP contribution is 2.65. The summed E-state index contributed by atoms with van der Waals surface area (Å²) in [7, 11) is 0. The maximum absolute atomic E-state index is 13.2. The number of aromatic nitrogens is 1. The van der Waals surface area contributed by atoms with Gasteiger partial charge in [-0.15, -0.1) is 0 Å². The first-order chi connectivity index (χ1) is 12.1. The number of anilines is 1. The van der Waals surface area contributed by atoms with Gasteiger partial charge in [-0.2, -0.15) is 0 Å². The minimum atomic E-state index is -0.473. The number of hydrogen-bond acceptors (Lipinski definition) is 4. The maximum Gasteiger partial charge on any atom is 0.263 e. The molecule has 140 valence electrons. The van der Waals surface area contributed by atoms with Crippen LogP contribution in [0.25, 0.3) is 0 Å². The van der Waals surface area contributed by atoms with Gasteiger partial charge in [-0.3, -0.25) is 9.59 Å². The molecule has 2 fully saturated rings. The number of carbonyl (C=O) groups excluding carboxylic acids is 2. The van der Waals surface area contributed by atoms with Crippen LogP contribution in [0.5, 0.6) is 0 Å². The van der Waals surface area contributed by atoms with E-state index in [9.17, 15) is 9.59 Å². The molecule has 4 rings (SSSR count). The van der Waals surface area contributed by atoms with Crippen LogP contribution in [-0.4, -0.2) is 23.3 Å². The molecule has 0 saturated heterocycles. The summed E-state index contributed by atoms with van der Waals surface area (Å²) >= 11 is 1.28. The van der Waals surface area contributed by atoms with Crippen LogP contribution in [0.1, 0.15) is 62.3 Å². The van der Waals surface area contributed by atoms with Gasteiger partial charge >= 0.3 is 0 Å². The SMILES string of the molecule is C=C1C2(C(=O)Nc3nc4c(s3)C(=O)NCC(C)(C)C4)CCC(C2)C1(C)C. The Balaban J connectivity index is 1.60. The predicted octanol–water partition coefficient (Wildman–Crippen LogP) is 3.78. The molecule has 0 spiro atoms. The molecule has 2 aliphatic carbocycles. The van der Waals surface area contributed by atoms with Gasteiger partial charge in [-0.1, -0.05) is 51.2 Å². The Hall–Kier alpha value is -1.69. The summed E-state index contributed by atoms with van der Waals surface area (Å²) in [4.78, 5) is 30.7. The maximum atomic E-state index is 13.2. The highest BCUT2D eigenvalue weighted by molar-refractivity contribution is 7.17. The van der Waals surface area contributed by atoms with Gasteiger partial charge in [0.2, 0.25) is 5.91 Å². The van der Waals surface area contributed by atoms with Gasteiger partial charge in [0.1, 0.15) is 4.88 Å². The lowest BCUT2D eigenvalue weighted by molar-refractivity contribution is -0.123.